The fourth-order valence-corrected chi connectivity index (χ4v) is 0.742. The zero-order valence-corrected chi connectivity index (χ0v) is 7.34. The molecule has 0 aliphatic carbocycles. The third-order valence-corrected chi connectivity index (χ3v) is 1.33. The van der Waals surface area contributed by atoms with E-state index in [-0.39, 0.29) is 6.42 Å². The molecule has 1 rings (SSSR count). The second kappa shape index (κ2) is 5.43. The smallest absolute Gasteiger partial charge is 0.254 e. The van der Waals surface area contributed by atoms with Crippen LogP contribution in [-0.4, -0.2) is 17.1 Å². The van der Waals surface area contributed by atoms with Gasteiger partial charge in [0.15, 0.2) is 0 Å². The van der Waals surface area contributed by atoms with Crippen LogP contribution in [0.3, 0.4) is 0 Å². The third kappa shape index (κ3) is 3.45. The molecule has 1 aromatic rings. The van der Waals surface area contributed by atoms with Crippen LogP contribution in [0, 0.1) is 11.3 Å². The lowest BCUT2D eigenvalue weighted by Crippen LogP contribution is -2.16. The van der Waals surface area contributed by atoms with E-state index in [1.54, 1.807) is 30.6 Å². The minimum absolute atomic E-state index is 0.190. The van der Waals surface area contributed by atoms with Crippen LogP contribution in [0.2, 0.25) is 0 Å². The van der Waals surface area contributed by atoms with E-state index >= 15 is 0 Å². The Labute approximate surface area is 81.1 Å². The zero-order valence-electron chi connectivity index (χ0n) is 7.34. The summed E-state index contributed by atoms with van der Waals surface area (Å²) in [5.74, 6) is -0.423. The molecule has 14 heavy (non-hydrogen) atoms. The molecule has 0 radical (unpaired) electrons. The highest BCUT2D eigenvalue weighted by Gasteiger charge is 1.94. The molecule has 1 amide bonds. The van der Waals surface area contributed by atoms with Crippen molar-refractivity contribution in [3.8, 4) is 6.07 Å². The first-order valence-corrected chi connectivity index (χ1v) is 3.92. The van der Waals surface area contributed by atoms with Crippen LogP contribution >= 0.6 is 0 Å². The normalized spacial score (nSPS) is 9.64. The molecule has 70 valence electrons. The first kappa shape index (κ1) is 9.86. The Morgan fingerprint density at radius 2 is 2.64 bits per heavy atom. The Hall–Kier alpha value is -2.22. The molecular weight excluding hydrogens is 180 g/mol. The monoisotopic (exact) mass is 188 g/mol. The molecule has 0 saturated heterocycles. The van der Waals surface area contributed by atoms with Gasteiger partial charge in [0.05, 0.1) is 12.3 Å². The van der Waals surface area contributed by atoms with Gasteiger partial charge in [0, 0.05) is 18.0 Å². The highest BCUT2D eigenvalue weighted by molar-refractivity contribution is 5.82. The first-order chi connectivity index (χ1) is 6.83. The maximum atomic E-state index is 10.8. The molecule has 0 aromatic carbocycles. The second-order valence-electron chi connectivity index (χ2n) is 2.41. The maximum absolute atomic E-state index is 10.8. The van der Waals surface area contributed by atoms with Gasteiger partial charge in [-0.15, -0.1) is 0 Å². The van der Waals surface area contributed by atoms with Crippen molar-refractivity contribution in [2.75, 3.05) is 0 Å². The number of pyridine rings is 1. The Bertz CT molecular complexity index is 366. The molecule has 0 bridgehead atoms. The number of aromatic nitrogens is 1. The van der Waals surface area contributed by atoms with E-state index in [4.69, 9.17) is 5.26 Å². The van der Waals surface area contributed by atoms with Crippen LogP contribution in [0.25, 0.3) is 0 Å². The summed E-state index contributed by atoms with van der Waals surface area (Å²) >= 11 is 0. The lowest BCUT2D eigenvalue weighted by atomic mass is 10.3. The van der Waals surface area contributed by atoms with Crippen molar-refractivity contribution in [1.82, 2.24) is 10.4 Å². The maximum Gasteiger partial charge on any atom is 0.254 e. The SMILES string of the molecule is N#CCC(=O)N/N=C/c1cccnc1. The molecule has 0 atom stereocenters. The van der Waals surface area contributed by atoms with Crippen molar-refractivity contribution in [1.29, 1.82) is 5.26 Å². The van der Waals surface area contributed by atoms with E-state index in [0.717, 1.165) is 5.56 Å². The van der Waals surface area contributed by atoms with Crippen molar-refractivity contribution in [3.63, 3.8) is 0 Å². The fraction of sp³-hybridized carbons (Fsp3) is 0.111. The average Bonchev–Trinajstić information content (AvgIpc) is 2.20. The van der Waals surface area contributed by atoms with Gasteiger partial charge in [-0.25, -0.2) is 5.43 Å². The minimum atomic E-state index is -0.423. The van der Waals surface area contributed by atoms with E-state index in [0.29, 0.717) is 0 Å². The zero-order chi connectivity index (χ0) is 10.2. The highest BCUT2D eigenvalue weighted by Crippen LogP contribution is 1.89. The number of nitrogens with zero attached hydrogens (tertiary/aromatic N) is 3. The van der Waals surface area contributed by atoms with Gasteiger partial charge in [-0.3, -0.25) is 9.78 Å². The van der Waals surface area contributed by atoms with Gasteiger partial charge in [0.2, 0.25) is 0 Å². The quantitative estimate of drug-likeness (QED) is 0.552. The molecule has 0 aliphatic rings. The predicted octanol–water partition coefficient (Wildman–Crippen LogP) is 0.445. The Kier molecular flexibility index (Phi) is 3.83. The number of nitriles is 1. The summed E-state index contributed by atoms with van der Waals surface area (Å²) < 4.78 is 0. The molecule has 1 aromatic heterocycles. The van der Waals surface area contributed by atoms with Crippen LogP contribution in [0.4, 0.5) is 0 Å². The second-order valence-corrected chi connectivity index (χ2v) is 2.41. The molecule has 1 N–H and O–H groups in total. The van der Waals surface area contributed by atoms with Crippen LogP contribution in [0.1, 0.15) is 12.0 Å². The lowest BCUT2D eigenvalue weighted by molar-refractivity contribution is -0.120. The van der Waals surface area contributed by atoms with Crippen molar-refractivity contribution in [3.05, 3.63) is 30.1 Å². The average molecular weight is 188 g/mol. The molecule has 1 heterocycles. The topological polar surface area (TPSA) is 78.1 Å². The minimum Gasteiger partial charge on any atom is -0.272 e. The van der Waals surface area contributed by atoms with E-state index in [1.165, 1.54) is 6.21 Å². The van der Waals surface area contributed by atoms with Gasteiger partial charge in [0.25, 0.3) is 5.91 Å². The third-order valence-electron chi connectivity index (χ3n) is 1.33. The van der Waals surface area contributed by atoms with E-state index in [9.17, 15) is 4.79 Å². The number of amides is 1. The molecular formula is C9H8N4O. The number of hydrogen-bond donors (Lipinski definition) is 1. The Morgan fingerprint density at radius 3 is 3.29 bits per heavy atom. The number of rotatable bonds is 3. The predicted molar refractivity (Wildman–Crippen MR) is 50.2 cm³/mol. The van der Waals surface area contributed by atoms with Crippen molar-refractivity contribution in [2.24, 2.45) is 5.10 Å². The van der Waals surface area contributed by atoms with Crippen molar-refractivity contribution in [2.45, 2.75) is 6.42 Å². The first-order valence-electron chi connectivity index (χ1n) is 3.92. The summed E-state index contributed by atoms with van der Waals surface area (Å²) in [6.07, 6.45) is 4.53. The number of carbonyl (C=O) groups is 1. The van der Waals surface area contributed by atoms with Gasteiger partial charge in [-0.1, -0.05) is 6.07 Å². The molecule has 0 fully saturated rings. The van der Waals surface area contributed by atoms with Crippen LogP contribution in [0.5, 0.6) is 0 Å². The van der Waals surface area contributed by atoms with Crippen molar-refractivity contribution < 1.29 is 4.79 Å². The standard InChI is InChI=1S/C9H8N4O/c10-4-3-9(14)13-12-7-8-2-1-5-11-6-8/h1-2,5-7H,3H2,(H,13,14)/b12-7+. The highest BCUT2D eigenvalue weighted by atomic mass is 16.2. The Balaban J connectivity index is 2.43. The number of carbonyl (C=O) groups excluding carboxylic acids is 1. The molecule has 0 aliphatic heterocycles. The summed E-state index contributed by atoms with van der Waals surface area (Å²) in [5.41, 5.74) is 2.99. The van der Waals surface area contributed by atoms with Gasteiger partial charge in [-0.05, 0) is 6.07 Å². The van der Waals surface area contributed by atoms with Gasteiger partial charge in [-0.2, -0.15) is 10.4 Å². The number of hydrazone groups is 1. The molecule has 5 nitrogen and oxygen atoms in total. The molecule has 0 unspecified atom stereocenters. The molecule has 5 heteroatoms. The van der Waals surface area contributed by atoms with Crippen LogP contribution in [0.15, 0.2) is 29.6 Å². The number of hydrogen-bond acceptors (Lipinski definition) is 4. The largest absolute Gasteiger partial charge is 0.272 e. The van der Waals surface area contributed by atoms with E-state index in [2.05, 4.69) is 15.5 Å². The van der Waals surface area contributed by atoms with Gasteiger partial charge < -0.3 is 0 Å². The van der Waals surface area contributed by atoms with E-state index < -0.39 is 5.91 Å². The van der Waals surface area contributed by atoms with E-state index in [1.807, 2.05) is 0 Å². The summed E-state index contributed by atoms with van der Waals surface area (Å²) in [4.78, 5) is 14.6. The number of nitrogens with one attached hydrogen (secondary N) is 1. The van der Waals surface area contributed by atoms with Crippen LogP contribution < -0.4 is 5.43 Å². The lowest BCUT2D eigenvalue weighted by Gasteiger charge is -1.92. The van der Waals surface area contributed by atoms with Crippen LogP contribution in [-0.2, 0) is 4.79 Å². The van der Waals surface area contributed by atoms with Crippen molar-refractivity contribution >= 4 is 12.1 Å². The van der Waals surface area contributed by atoms with Gasteiger partial charge >= 0.3 is 0 Å². The molecule has 0 spiro atoms. The summed E-state index contributed by atoms with van der Waals surface area (Å²) in [7, 11) is 0. The Morgan fingerprint density at radius 1 is 1.79 bits per heavy atom. The summed E-state index contributed by atoms with van der Waals surface area (Å²) in [5, 5.41) is 11.8. The summed E-state index contributed by atoms with van der Waals surface area (Å²) in [6, 6.07) is 5.28. The van der Waals surface area contributed by atoms with Gasteiger partial charge in [0.1, 0.15) is 6.42 Å². The molecule has 0 saturated carbocycles. The fourth-order valence-electron chi connectivity index (χ4n) is 0.742. The summed E-state index contributed by atoms with van der Waals surface area (Å²) in [6.45, 7) is 0.